The Balaban J connectivity index is 1.47. The second-order valence-corrected chi connectivity index (χ2v) is 8.28. The normalized spacial score (nSPS) is 14.6. The zero-order valence-corrected chi connectivity index (χ0v) is 18.3. The first kappa shape index (κ1) is 22.0. The first-order valence-electron chi connectivity index (χ1n) is 10.8. The van der Waals surface area contributed by atoms with E-state index in [2.05, 4.69) is 10.2 Å². The van der Waals surface area contributed by atoms with Crippen LogP contribution in [0, 0.1) is 25.5 Å². The maximum absolute atomic E-state index is 13.5. The molecule has 2 amide bonds. The van der Waals surface area contributed by atoms with Crippen LogP contribution in [-0.2, 0) is 0 Å². The number of halogens is 2. The number of urea groups is 1. The molecule has 1 aliphatic heterocycles. The summed E-state index contributed by atoms with van der Waals surface area (Å²) in [7, 11) is 0. The fourth-order valence-corrected chi connectivity index (χ4v) is 4.24. The summed E-state index contributed by atoms with van der Waals surface area (Å²) in [6, 6.07) is 18.5. The van der Waals surface area contributed by atoms with Crippen LogP contribution < -0.4 is 5.32 Å². The van der Waals surface area contributed by atoms with Gasteiger partial charge in [-0.2, -0.15) is 0 Å². The maximum Gasteiger partial charge on any atom is 0.321 e. The Morgan fingerprint density at radius 1 is 0.812 bits per heavy atom. The van der Waals surface area contributed by atoms with Gasteiger partial charge in [0.15, 0.2) is 0 Å². The molecule has 0 aromatic heterocycles. The number of piperazine rings is 1. The predicted molar refractivity (Wildman–Crippen MR) is 123 cm³/mol. The Labute approximate surface area is 187 Å². The zero-order valence-electron chi connectivity index (χ0n) is 18.3. The molecular formula is C26H27F2N3O. The van der Waals surface area contributed by atoms with E-state index < -0.39 is 0 Å². The summed E-state index contributed by atoms with van der Waals surface area (Å²) in [5, 5.41) is 3.01. The summed E-state index contributed by atoms with van der Waals surface area (Å²) < 4.78 is 27.0. The highest BCUT2D eigenvalue weighted by molar-refractivity contribution is 5.90. The topological polar surface area (TPSA) is 35.6 Å². The van der Waals surface area contributed by atoms with Crippen LogP contribution >= 0.6 is 0 Å². The van der Waals surface area contributed by atoms with Gasteiger partial charge in [0.05, 0.1) is 6.04 Å². The van der Waals surface area contributed by atoms with Crippen LogP contribution in [0.2, 0.25) is 0 Å². The minimum atomic E-state index is -0.292. The lowest BCUT2D eigenvalue weighted by Crippen LogP contribution is -2.51. The van der Waals surface area contributed by atoms with Crippen molar-refractivity contribution in [2.45, 2.75) is 19.9 Å². The Bertz CT molecular complexity index is 1030. The molecule has 0 atom stereocenters. The summed E-state index contributed by atoms with van der Waals surface area (Å²) in [6.45, 7) is 6.44. The Kier molecular flexibility index (Phi) is 6.51. The number of nitrogens with one attached hydrogen (secondary N) is 1. The molecule has 3 aromatic carbocycles. The fraction of sp³-hybridized carbons (Fsp3) is 0.269. The number of amides is 2. The molecule has 0 spiro atoms. The lowest BCUT2D eigenvalue weighted by molar-refractivity contribution is 0.126. The van der Waals surface area contributed by atoms with E-state index >= 15 is 0 Å². The van der Waals surface area contributed by atoms with Crippen molar-refractivity contribution in [1.29, 1.82) is 0 Å². The van der Waals surface area contributed by atoms with Gasteiger partial charge in [-0.05, 0) is 60.9 Å². The third-order valence-corrected chi connectivity index (χ3v) is 5.96. The molecule has 3 aromatic rings. The Morgan fingerprint density at radius 3 is 1.84 bits per heavy atom. The molecule has 1 fully saturated rings. The summed E-state index contributed by atoms with van der Waals surface area (Å²) in [5.41, 5.74) is 4.88. The van der Waals surface area contributed by atoms with Crippen LogP contribution in [0.1, 0.15) is 28.3 Å². The number of nitrogens with zero attached hydrogens (tertiary/aromatic N) is 2. The van der Waals surface area contributed by atoms with Crippen molar-refractivity contribution in [3.05, 3.63) is 101 Å². The standard InChI is InChI=1S/C26H27F2N3O/c1-18-3-12-24(19(2)17-18)29-26(32)31-15-13-30(14-16-31)25(20-4-8-22(27)9-5-20)21-6-10-23(28)11-7-21/h3-12,17,25H,13-16H2,1-2H3,(H,29,32). The van der Waals surface area contributed by atoms with E-state index in [0.717, 1.165) is 27.9 Å². The summed E-state index contributed by atoms with van der Waals surface area (Å²) >= 11 is 0. The van der Waals surface area contributed by atoms with E-state index in [9.17, 15) is 13.6 Å². The van der Waals surface area contributed by atoms with Gasteiger partial charge < -0.3 is 10.2 Å². The second kappa shape index (κ2) is 9.49. The van der Waals surface area contributed by atoms with Crippen molar-refractivity contribution >= 4 is 11.7 Å². The highest BCUT2D eigenvalue weighted by Crippen LogP contribution is 2.30. The van der Waals surface area contributed by atoms with E-state index in [0.29, 0.717) is 26.2 Å². The molecule has 0 saturated carbocycles. The molecule has 4 rings (SSSR count). The first-order valence-corrected chi connectivity index (χ1v) is 10.8. The molecule has 1 heterocycles. The molecule has 0 bridgehead atoms. The minimum Gasteiger partial charge on any atom is -0.322 e. The van der Waals surface area contributed by atoms with Crippen LogP contribution in [0.25, 0.3) is 0 Å². The second-order valence-electron chi connectivity index (χ2n) is 8.28. The molecule has 1 N–H and O–H groups in total. The molecule has 6 heteroatoms. The Morgan fingerprint density at radius 2 is 1.34 bits per heavy atom. The van der Waals surface area contributed by atoms with Gasteiger partial charge >= 0.3 is 6.03 Å². The Hall–Kier alpha value is -3.25. The average molecular weight is 436 g/mol. The number of aryl methyl sites for hydroxylation is 2. The van der Waals surface area contributed by atoms with Crippen molar-refractivity contribution in [3.8, 4) is 0 Å². The molecule has 1 aliphatic rings. The van der Waals surface area contributed by atoms with E-state index in [1.54, 1.807) is 24.3 Å². The highest BCUT2D eigenvalue weighted by Gasteiger charge is 2.28. The summed E-state index contributed by atoms with van der Waals surface area (Å²) in [5.74, 6) is -0.584. The molecule has 32 heavy (non-hydrogen) atoms. The number of benzene rings is 3. The van der Waals surface area contributed by atoms with Crippen molar-refractivity contribution in [2.24, 2.45) is 0 Å². The molecule has 0 aliphatic carbocycles. The number of carbonyl (C=O) groups is 1. The van der Waals surface area contributed by atoms with Crippen LogP contribution in [0.5, 0.6) is 0 Å². The number of hydrogen-bond donors (Lipinski definition) is 1. The van der Waals surface area contributed by atoms with Crippen LogP contribution in [0.3, 0.4) is 0 Å². The quantitative estimate of drug-likeness (QED) is 0.586. The smallest absolute Gasteiger partial charge is 0.321 e. The fourth-order valence-electron chi connectivity index (χ4n) is 4.24. The average Bonchev–Trinajstić information content (AvgIpc) is 2.79. The van der Waals surface area contributed by atoms with E-state index in [4.69, 9.17) is 0 Å². The van der Waals surface area contributed by atoms with Crippen LogP contribution in [-0.4, -0.2) is 42.0 Å². The largest absolute Gasteiger partial charge is 0.322 e. The number of hydrogen-bond acceptors (Lipinski definition) is 2. The van der Waals surface area contributed by atoms with Crippen molar-refractivity contribution in [2.75, 3.05) is 31.5 Å². The third-order valence-electron chi connectivity index (χ3n) is 5.96. The van der Waals surface area contributed by atoms with Crippen molar-refractivity contribution < 1.29 is 13.6 Å². The van der Waals surface area contributed by atoms with E-state index in [1.807, 2.05) is 36.9 Å². The van der Waals surface area contributed by atoms with Gasteiger partial charge in [-0.15, -0.1) is 0 Å². The SMILES string of the molecule is Cc1ccc(NC(=O)N2CCN(C(c3ccc(F)cc3)c3ccc(F)cc3)CC2)c(C)c1. The van der Waals surface area contributed by atoms with E-state index in [-0.39, 0.29) is 23.7 Å². The van der Waals surface area contributed by atoms with Crippen LogP contribution in [0.15, 0.2) is 66.7 Å². The van der Waals surface area contributed by atoms with Gasteiger partial charge in [0.25, 0.3) is 0 Å². The van der Waals surface area contributed by atoms with Gasteiger partial charge in [0.2, 0.25) is 0 Å². The van der Waals surface area contributed by atoms with Crippen molar-refractivity contribution in [3.63, 3.8) is 0 Å². The van der Waals surface area contributed by atoms with Gasteiger partial charge in [0.1, 0.15) is 11.6 Å². The molecule has 0 unspecified atom stereocenters. The molecule has 0 radical (unpaired) electrons. The van der Waals surface area contributed by atoms with Crippen molar-refractivity contribution in [1.82, 2.24) is 9.80 Å². The van der Waals surface area contributed by atoms with Gasteiger partial charge in [-0.25, -0.2) is 13.6 Å². The third kappa shape index (κ3) is 4.97. The number of anilines is 1. The number of rotatable bonds is 4. The lowest BCUT2D eigenvalue weighted by Gasteiger charge is -2.39. The molecule has 4 nitrogen and oxygen atoms in total. The lowest BCUT2D eigenvalue weighted by atomic mass is 9.96. The van der Waals surface area contributed by atoms with E-state index in [1.165, 1.54) is 24.3 Å². The minimum absolute atomic E-state index is 0.114. The summed E-state index contributed by atoms with van der Waals surface area (Å²) in [4.78, 5) is 16.9. The van der Waals surface area contributed by atoms with Crippen LogP contribution in [0.4, 0.5) is 19.3 Å². The molecule has 1 saturated heterocycles. The maximum atomic E-state index is 13.5. The number of carbonyl (C=O) groups excluding carboxylic acids is 1. The van der Waals surface area contributed by atoms with Gasteiger partial charge in [0, 0.05) is 31.9 Å². The summed E-state index contributed by atoms with van der Waals surface area (Å²) in [6.07, 6.45) is 0. The molecular weight excluding hydrogens is 408 g/mol. The first-order chi connectivity index (χ1) is 15.4. The zero-order chi connectivity index (χ0) is 22.7. The van der Waals surface area contributed by atoms with Gasteiger partial charge in [-0.3, -0.25) is 4.90 Å². The predicted octanol–water partition coefficient (Wildman–Crippen LogP) is 5.52. The van der Waals surface area contributed by atoms with Gasteiger partial charge in [-0.1, -0.05) is 42.0 Å². The monoisotopic (exact) mass is 435 g/mol. The molecule has 166 valence electrons. The highest BCUT2D eigenvalue weighted by atomic mass is 19.1.